The van der Waals surface area contributed by atoms with E-state index in [2.05, 4.69) is 43.1 Å². The lowest BCUT2D eigenvalue weighted by atomic mass is 9.76. The summed E-state index contributed by atoms with van der Waals surface area (Å²) < 4.78 is 5.60. The molecule has 3 nitrogen and oxygen atoms in total. The Morgan fingerprint density at radius 3 is 2.55 bits per heavy atom. The average molecular weight is 301 g/mol. The second kappa shape index (κ2) is 6.04. The zero-order valence-electron chi connectivity index (χ0n) is 14.1. The van der Waals surface area contributed by atoms with Crippen LogP contribution in [0.2, 0.25) is 0 Å². The molecule has 2 heterocycles. The molecule has 2 fully saturated rings. The molecule has 0 saturated carbocycles. The highest BCUT2D eigenvalue weighted by Crippen LogP contribution is 2.46. The Kier molecular flexibility index (Phi) is 4.26. The van der Waals surface area contributed by atoms with Gasteiger partial charge in [-0.05, 0) is 52.6 Å². The van der Waals surface area contributed by atoms with Crippen LogP contribution in [0.15, 0.2) is 24.3 Å². The van der Waals surface area contributed by atoms with E-state index in [0.29, 0.717) is 18.0 Å². The Morgan fingerprint density at radius 1 is 1.23 bits per heavy atom. The van der Waals surface area contributed by atoms with Gasteiger partial charge in [-0.15, -0.1) is 0 Å². The first-order chi connectivity index (χ1) is 10.5. The summed E-state index contributed by atoms with van der Waals surface area (Å²) in [6, 6.07) is 9.64. The standard InChI is InChI=1S/C19H27NO2/c1-12(2)22-19(21)18-16(14-7-5-13(3)6-8-14)11-15-9-10-17(18)20(15)4/h5-8,12,15-18H,9-11H2,1-4H3/t15-,16+,17+,18-/m0/s1. The monoisotopic (exact) mass is 301 g/mol. The molecule has 2 aliphatic heterocycles. The first kappa shape index (κ1) is 15.5. The van der Waals surface area contributed by atoms with Crippen molar-refractivity contribution < 1.29 is 9.53 Å². The maximum atomic E-state index is 12.7. The summed E-state index contributed by atoms with van der Waals surface area (Å²) in [6.45, 7) is 5.97. The number of piperidine rings is 1. The van der Waals surface area contributed by atoms with Gasteiger partial charge in [0.1, 0.15) is 0 Å². The van der Waals surface area contributed by atoms with E-state index in [0.717, 1.165) is 12.8 Å². The number of rotatable bonds is 3. The van der Waals surface area contributed by atoms with Crippen molar-refractivity contribution in [3.8, 4) is 0 Å². The molecule has 2 bridgehead atoms. The van der Waals surface area contributed by atoms with Crippen molar-refractivity contribution in [2.75, 3.05) is 7.05 Å². The van der Waals surface area contributed by atoms with Crippen LogP contribution in [0.5, 0.6) is 0 Å². The minimum atomic E-state index is -0.0457. The molecule has 0 amide bonds. The van der Waals surface area contributed by atoms with Crippen molar-refractivity contribution in [3.63, 3.8) is 0 Å². The first-order valence-electron chi connectivity index (χ1n) is 8.46. The van der Waals surface area contributed by atoms with Crippen LogP contribution in [0.3, 0.4) is 0 Å². The molecule has 0 aliphatic carbocycles. The number of aryl methyl sites for hydroxylation is 1. The van der Waals surface area contributed by atoms with Gasteiger partial charge in [-0.3, -0.25) is 9.69 Å². The van der Waals surface area contributed by atoms with E-state index in [4.69, 9.17) is 4.74 Å². The largest absolute Gasteiger partial charge is 0.463 e. The second-order valence-electron chi connectivity index (χ2n) is 7.23. The summed E-state index contributed by atoms with van der Waals surface area (Å²) in [4.78, 5) is 15.2. The van der Waals surface area contributed by atoms with Crippen molar-refractivity contribution in [1.29, 1.82) is 0 Å². The number of benzene rings is 1. The summed E-state index contributed by atoms with van der Waals surface area (Å²) in [7, 11) is 2.17. The van der Waals surface area contributed by atoms with Gasteiger partial charge < -0.3 is 4.74 Å². The van der Waals surface area contributed by atoms with Gasteiger partial charge in [0.25, 0.3) is 0 Å². The lowest BCUT2D eigenvalue weighted by Gasteiger charge is -2.42. The van der Waals surface area contributed by atoms with Gasteiger partial charge in [-0.1, -0.05) is 29.8 Å². The van der Waals surface area contributed by atoms with Crippen LogP contribution in [-0.4, -0.2) is 36.1 Å². The smallest absolute Gasteiger partial charge is 0.311 e. The number of carbonyl (C=O) groups is 1. The summed E-state index contributed by atoms with van der Waals surface area (Å²) >= 11 is 0. The number of hydrogen-bond donors (Lipinski definition) is 0. The fourth-order valence-corrected chi connectivity index (χ4v) is 4.26. The first-order valence-corrected chi connectivity index (χ1v) is 8.46. The molecule has 1 aromatic carbocycles. The molecule has 120 valence electrons. The predicted octanol–water partition coefficient (Wildman–Crippen LogP) is 3.51. The van der Waals surface area contributed by atoms with Gasteiger partial charge >= 0.3 is 5.97 Å². The van der Waals surface area contributed by atoms with Gasteiger partial charge in [-0.25, -0.2) is 0 Å². The van der Waals surface area contributed by atoms with Crippen molar-refractivity contribution in [1.82, 2.24) is 4.90 Å². The predicted molar refractivity (Wildman–Crippen MR) is 87.8 cm³/mol. The maximum Gasteiger partial charge on any atom is 0.311 e. The molecule has 1 aromatic rings. The molecule has 3 heteroatoms. The van der Waals surface area contributed by atoms with Gasteiger partial charge in [0.15, 0.2) is 0 Å². The van der Waals surface area contributed by atoms with Gasteiger partial charge in [0.2, 0.25) is 0 Å². The van der Waals surface area contributed by atoms with Crippen LogP contribution in [0.25, 0.3) is 0 Å². The molecule has 0 radical (unpaired) electrons. The fraction of sp³-hybridized carbons (Fsp3) is 0.632. The van der Waals surface area contributed by atoms with Crippen LogP contribution < -0.4 is 0 Å². The number of esters is 1. The highest BCUT2D eigenvalue weighted by molar-refractivity contribution is 5.75. The van der Waals surface area contributed by atoms with E-state index in [1.54, 1.807) is 0 Å². The van der Waals surface area contributed by atoms with Crippen molar-refractivity contribution in [3.05, 3.63) is 35.4 Å². The van der Waals surface area contributed by atoms with E-state index in [-0.39, 0.29) is 18.0 Å². The molecule has 2 aliphatic rings. The van der Waals surface area contributed by atoms with E-state index >= 15 is 0 Å². The molecular formula is C19H27NO2. The number of carbonyl (C=O) groups excluding carboxylic acids is 1. The topological polar surface area (TPSA) is 29.5 Å². The van der Waals surface area contributed by atoms with Crippen molar-refractivity contribution in [2.45, 2.75) is 64.1 Å². The molecule has 0 unspecified atom stereocenters. The number of hydrogen-bond acceptors (Lipinski definition) is 3. The zero-order valence-corrected chi connectivity index (χ0v) is 14.1. The maximum absolute atomic E-state index is 12.7. The van der Waals surface area contributed by atoms with Crippen LogP contribution >= 0.6 is 0 Å². The SMILES string of the molecule is Cc1ccc([C@H]2C[C@@H]3CC[C@H]([C@H]2C(=O)OC(C)C)N3C)cc1. The van der Waals surface area contributed by atoms with Crippen molar-refractivity contribution in [2.24, 2.45) is 5.92 Å². The zero-order chi connectivity index (χ0) is 15.9. The molecule has 4 atom stereocenters. The highest BCUT2D eigenvalue weighted by atomic mass is 16.5. The summed E-state index contributed by atoms with van der Waals surface area (Å²) in [6.07, 6.45) is 3.33. The molecule has 22 heavy (non-hydrogen) atoms. The van der Waals surface area contributed by atoms with Crippen LogP contribution in [0, 0.1) is 12.8 Å². The highest BCUT2D eigenvalue weighted by Gasteiger charge is 2.49. The average Bonchev–Trinajstić information content (AvgIpc) is 2.71. The molecule has 0 N–H and O–H groups in total. The molecule has 0 spiro atoms. The van der Waals surface area contributed by atoms with Crippen LogP contribution in [-0.2, 0) is 9.53 Å². The lowest BCUT2D eigenvalue weighted by Crippen LogP contribution is -2.49. The molecule has 3 rings (SSSR count). The van der Waals surface area contributed by atoms with E-state index in [1.165, 1.54) is 17.5 Å². The molecular weight excluding hydrogens is 274 g/mol. The van der Waals surface area contributed by atoms with Gasteiger partial charge in [-0.2, -0.15) is 0 Å². The van der Waals surface area contributed by atoms with E-state index in [1.807, 2.05) is 13.8 Å². The Labute approximate surface area is 133 Å². The van der Waals surface area contributed by atoms with Crippen molar-refractivity contribution >= 4 is 5.97 Å². The van der Waals surface area contributed by atoms with Gasteiger partial charge in [0, 0.05) is 18.0 Å². The minimum Gasteiger partial charge on any atom is -0.463 e. The Morgan fingerprint density at radius 2 is 1.91 bits per heavy atom. The van der Waals surface area contributed by atoms with E-state index in [9.17, 15) is 4.79 Å². The minimum absolute atomic E-state index is 0.0159. The Hall–Kier alpha value is -1.35. The van der Waals surface area contributed by atoms with Crippen LogP contribution in [0.1, 0.15) is 50.2 Å². The summed E-state index contributed by atoms with van der Waals surface area (Å²) in [5.74, 6) is 0.243. The lowest BCUT2D eigenvalue weighted by molar-refractivity contribution is -0.157. The number of fused-ring (bicyclic) bond motifs is 2. The Bertz CT molecular complexity index is 537. The third kappa shape index (κ3) is 2.79. The molecule has 2 saturated heterocycles. The normalized spacial score (nSPS) is 31.5. The summed E-state index contributed by atoms with van der Waals surface area (Å²) in [5.41, 5.74) is 2.56. The number of ether oxygens (including phenoxy) is 1. The Balaban J connectivity index is 1.91. The fourth-order valence-electron chi connectivity index (χ4n) is 4.26. The third-order valence-corrected chi connectivity index (χ3v) is 5.40. The van der Waals surface area contributed by atoms with E-state index < -0.39 is 0 Å². The number of nitrogens with zero attached hydrogens (tertiary/aromatic N) is 1. The second-order valence-corrected chi connectivity index (χ2v) is 7.23. The summed E-state index contributed by atoms with van der Waals surface area (Å²) in [5, 5.41) is 0. The van der Waals surface area contributed by atoms with Crippen LogP contribution in [0.4, 0.5) is 0 Å². The molecule has 0 aromatic heterocycles. The third-order valence-electron chi connectivity index (χ3n) is 5.40. The quantitative estimate of drug-likeness (QED) is 0.800. The van der Waals surface area contributed by atoms with Gasteiger partial charge in [0.05, 0.1) is 12.0 Å².